The van der Waals surface area contributed by atoms with E-state index in [1.165, 1.54) is 0 Å². The van der Waals surface area contributed by atoms with Gasteiger partial charge in [-0.15, -0.1) is 20.0 Å². The SMILES string of the molecule is CCCC(=O)[N+](=O)OC(=O)CCOCC(CCOCCC(=O)ON1C(=O)CCC1=O)(COCCC(=O)ON1C(=O)CCC1=O)OCCC(=O)ON1C(=O)CCC1=O. The lowest BCUT2D eigenvalue weighted by atomic mass is 10.0. The summed E-state index contributed by atoms with van der Waals surface area (Å²) in [6, 6.07) is 0. The minimum Gasteiger partial charge on any atom is -0.381 e. The molecule has 0 aromatic rings. The summed E-state index contributed by atoms with van der Waals surface area (Å²) in [4.78, 5) is 162. The summed E-state index contributed by atoms with van der Waals surface area (Å²) in [5.74, 6) is -9.17. The number of ether oxygens (including phenoxy) is 4. The number of hydroxylamine groups is 6. The maximum Gasteiger partial charge on any atom is 0.491 e. The normalized spacial score (nSPS) is 16.6. The second-order valence-corrected chi connectivity index (χ2v) is 12.5. The van der Waals surface area contributed by atoms with Crippen LogP contribution in [-0.4, -0.2) is 137 Å². The van der Waals surface area contributed by atoms with Crippen molar-refractivity contribution in [1.82, 2.24) is 15.2 Å². The fourth-order valence-corrected chi connectivity index (χ4v) is 4.95. The molecule has 0 spiro atoms. The van der Waals surface area contributed by atoms with E-state index >= 15 is 0 Å². The number of rotatable bonds is 25. The zero-order valence-corrected chi connectivity index (χ0v) is 31.1. The lowest BCUT2D eigenvalue weighted by molar-refractivity contribution is -0.709. The van der Waals surface area contributed by atoms with Crippen molar-refractivity contribution >= 4 is 65.2 Å². The summed E-state index contributed by atoms with van der Waals surface area (Å²) in [6.45, 7) is -0.897. The lowest BCUT2D eigenvalue weighted by Crippen LogP contribution is -2.45. The number of carbonyl (C=O) groups is 11. The second kappa shape index (κ2) is 22.8. The molecule has 0 aliphatic carbocycles. The molecule has 0 N–H and O–H groups in total. The van der Waals surface area contributed by atoms with E-state index in [0.717, 1.165) is 0 Å². The number of hydrogen-bond donors (Lipinski definition) is 0. The highest BCUT2D eigenvalue weighted by Gasteiger charge is 2.37. The van der Waals surface area contributed by atoms with Crippen molar-refractivity contribution < 1.29 is 96.0 Å². The predicted molar refractivity (Wildman–Crippen MR) is 175 cm³/mol. The van der Waals surface area contributed by atoms with Gasteiger partial charge in [0, 0.05) is 51.6 Å². The summed E-state index contributed by atoms with van der Waals surface area (Å²) in [7, 11) is 0. The first-order valence-corrected chi connectivity index (χ1v) is 17.9. The van der Waals surface area contributed by atoms with Gasteiger partial charge in [0.25, 0.3) is 35.4 Å². The molecule has 3 saturated heterocycles. The smallest absolute Gasteiger partial charge is 0.381 e. The third kappa shape index (κ3) is 15.1. The Bertz CT molecular complexity index is 1550. The van der Waals surface area contributed by atoms with Gasteiger partial charge in [0.1, 0.15) is 5.60 Å². The molecule has 0 aromatic carbocycles. The van der Waals surface area contributed by atoms with Crippen molar-refractivity contribution in [3.8, 4) is 0 Å². The highest BCUT2D eigenvalue weighted by molar-refractivity contribution is 6.02. The fraction of sp³-hybridized carbons (Fsp3) is 0.667. The average Bonchev–Trinajstić information content (AvgIpc) is 3.78. The van der Waals surface area contributed by atoms with E-state index in [-0.39, 0.29) is 77.6 Å². The summed E-state index contributed by atoms with van der Waals surface area (Å²) < 4.78 is 22.9. The molecule has 0 radical (unpaired) electrons. The molecule has 0 saturated carbocycles. The maximum absolute atomic E-state index is 12.5. The van der Waals surface area contributed by atoms with Crippen molar-refractivity contribution in [1.29, 1.82) is 0 Å². The molecule has 0 aromatic heterocycles. The molecule has 3 fully saturated rings. The molecule has 57 heavy (non-hydrogen) atoms. The van der Waals surface area contributed by atoms with Gasteiger partial charge in [0.15, 0.2) is 0 Å². The van der Waals surface area contributed by atoms with Crippen LogP contribution in [0.3, 0.4) is 0 Å². The molecule has 0 bridgehead atoms. The maximum atomic E-state index is 12.5. The van der Waals surface area contributed by atoms with Gasteiger partial charge >= 0.3 is 34.7 Å². The van der Waals surface area contributed by atoms with E-state index < -0.39 is 121 Å². The van der Waals surface area contributed by atoms with Crippen molar-refractivity contribution in [2.45, 2.75) is 96.0 Å². The number of amides is 7. The Morgan fingerprint density at radius 2 is 0.895 bits per heavy atom. The van der Waals surface area contributed by atoms with Gasteiger partial charge < -0.3 is 33.5 Å². The summed E-state index contributed by atoms with van der Waals surface area (Å²) >= 11 is 0. The Labute approximate surface area is 323 Å². The minimum atomic E-state index is -1.59. The Hall–Kier alpha value is -5.59. The first kappa shape index (κ1) is 45.8. The van der Waals surface area contributed by atoms with Gasteiger partial charge in [-0.05, 0) is 6.42 Å². The molecule has 314 valence electrons. The van der Waals surface area contributed by atoms with Crippen LogP contribution in [0.15, 0.2) is 0 Å². The average molecular weight is 816 g/mol. The molecule has 24 heteroatoms. The fourth-order valence-electron chi connectivity index (χ4n) is 4.95. The topological polar surface area (TPSA) is 291 Å². The molecule has 7 amide bonds. The lowest BCUT2D eigenvalue weighted by Gasteiger charge is -2.33. The molecular weight excluding hydrogens is 772 g/mol. The van der Waals surface area contributed by atoms with E-state index in [2.05, 4.69) is 4.84 Å². The van der Waals surface area contributed by atoms with Gasteiger partial charge in [-0.1, -0.05) is 6.92 Å². The van der Waals surface area contributed by atoms with Crippen LogP contribution in [0.2, 0.25) is 0 Å². The molecular formula is C33H43N4O20+. The van der Waals surface area contributed by atoms with E-state index in [4.69, 9.17) is 33.5 Å². The minimum absolute atomic E-state index is 0.100. The van der Waals surface area contributed by atoms with Gasteiger partial charge in [-0.25, -0.2) is 24.0 Å². The summed E-state index contributed by atoms with van der Waals surface area (Å²) in [6.07, 6.45) is -2.55. The first-order chi connectivity index (χ1) is 27.1. The van der Waals surface area contributed by atoms with Crippen LogP contribution in [0.25, 0.3) is 0 Å². The monoisotopic (exact) mass is 815 g/mol. The molecule has 1 atom stereocenters. The zero-order valence-electron chi connectivity index (χ0n) is 31.1. The molecule has 3 rings (SSSR count). The first-order valence-electron chi connectivity index (χ1n) is 17.9. The van der Waals surface area contributed by atoms with Crippen molar-refractivity contribution in [3.05, 3.63) is 4.91 Å². The predicted octanol–water partition coefficient (Wildman–Crippen LogP) is -0.872. The van der Waals surface area contributed by atoms with Crippen molar-refractivity contribution in [3.63, 3.8) is 0 Å². The van der Waals surface area contributed by atoms with Gasteiger partial charge in [0.05, 0.1) is 76.7 Å². The molecule has 3 heterocycles. The molecule has 3 aliphatic rings. The highest BCUT2D eigenvalue weighted by atomic mass is 16.8. The van der Waals surface area contributed by atoms with E-state index in [1.54, 1.807) is 6.92 Å². The van der Waals surface area contributed by atoms with E-state index in [9.17, 15) is 57.6 Å². The van der Waals surface area contributed by atoms with Gasteiger partial charge in [0.2, 0.25) is 0 Å². The van der Waals surface area contributed by atoms with Crippen LogP contribution in [0, 0.1) is 4.91 Å². The third-order valence-electron chi connectivity index (χ3n) is 7.95. The van der Waals surface area contributed by atoms with Gasteiger partial charge in [-0.2, -0.15) is 0 Å². The number of imide groups is 3. The Morgan fingerprint density at radius 1 is 0.526 bits per heavy atom. The van der Waals surface area contributed by atoms with Gasteiger partial charge in [-0.3, -0.25) is 28.8 Å². The van der Waals surface area contributed by atoms with Crippen LogP contribution >= 0.6 is 0 Å². The van der Waals surface area contributed by atoms with Crippen LogP contribution < -0.4 is 0 Å². The van der Waals surface area contributed by atoms with Crippen LogP contribution in [0.4, 0.5) is 0 Å². The molecule has 1 unspecified atom stereocenters. The molecule has 3 aliphatic heterocycles. The largest absolute Gasteiger partial charge is 0.491 e. The summed E-state index contributed by atoms with van der Waals surface area (Å²) in [5.41, 5.74) is -1.59. The van der Waals surface area contributed by atoms with E-state index in [0.29, 0.717) is 21.6 Å². The number of nitrogens with zero attached hydrogens (tertiary/aromatic N) is 4. The molecule has 24 nitrogen and oxygen atoms in total. The summed E-state index contributed by atoms with van der Waals surface area (Å²) in [5, 5.41) is 1.08. The second-order valence-electron chi connectivity index (χ2n) is 12.5. The van der Waals surface area contributed by atoms with Crippen LogP contribution in [-0.2, 0) is 91.0 Å². The number of hydrogen-bond acceptors (Lipinski definition) is 20. The Kier molecular flexibility index (Phi) is 18.3. The Balaban J connectivity index is 1.65. The number of carbonyl (C=O) groups excluding carboxylic acids is 11. The highest BCUT2D eigenvalue weighted by Crippen LogP contribution is 2.21. The van der Waals surface area contributed by atoms with Crippen molar-refractivity contribution in [2.75, 3.05) is 46.2 Å². The zero-order chi connectivity index (χ0) is 42.0. The van der Waals surface area contributed by atoms with Crippen LogP contribution in [0.5, 0.6) is 0 Å². The van der Waals surface area contributed by atoms with E-state index in [1.807, 2.05) is 0 Å². The standard InChI is InChI=1S/C33H43N4O20/c1-2-3-28(44)37(49)57-32(48)12-17-52-21-33(53-18-13-31(47)56-36-26(42)8-9-27(36)43,20-51-16-11-30(46)55-35-24(40)6-7-25(35)41)14-19-50-15-10-29(45)54-34-22(38)4-5-23(34)39/h2-21H2,1H3/q+1. The quantitative estimate of drug-likeness (QED) is 0.0614. The van der Waals surface area contributed by atoms with Crippen LogP contribution in [0.1, 0.15) is 90.4 Å². The third-order valence-corrected chi connectivity index (χ3v) is 7.95. The van der Waals surface area contributed by atoms with Crippen molar-refractivity contribution in [2.24, 2.45) is 0 Å². The Morgan fingerprint density at radius 3 is 1.30 bits per heavy atom.